The summed E-state index contributed by atoms with van der Waals surface area (Å²) in [4.78, 5) is 38.6. The summed E-state index contributed by atoms with van der Waals surface area (Å²) in [6, 6.07) is 11.5. The molecule has 0 bridgehead atoms. The number of aromatic nitrogens is 2. The first-order chi connectivity index (χ1) is 12.6. The van der Waals surface area contributed by atoms with Crippen LogP contribution in [0.3, 0.4) is 0 Å². The summed E-state index contributed by atoms with van der Waals surface area (Å²) >= 11 is 0. The second kappa shape index (κ2) is 8.42. The van der Waals surface area contributed by atoms with Gasteiger partial charge in [-0.15, -0.1) is 0 Å². The fourth-order valence-electron chi connectivity index (χ4n) is 2.93. The third kappa shape index (κ3) is 4.56. The van der Waals surface area contributed by atoms with Crippen LogP contribution in [0.15, 0.2) is 48.8 Å². The second-order valence-electron chi connectivity index (χ2n) is 6.33. The first-order valence-corrected chi connectivity index (χ1v) is 8.71. The van der Waals surface area contributed by atoms with Crippen LogP contribution in [0.4, 0.5) is 5.95 Å². The molecule has 3 rings (SSSR count). The van der Waals surface area contributed by atoms with E-state index in [1.807, 2.05) is 35.2 Å². The lowest BCUT2D eigenvalue weighted by Gasteiger charge is -2.34. The highest BCUT2D eigenvalue weighted by Gasteiger charge is 2.24. The van der Waals surface area contributed by atoms with Gasteiger partial charge in [0.05, 0.1) is 0 Å². The predicted octanol–water partition coefficient (Wildman–Crippen LogP) is 1.17. The van der Waals surface area contributed by atoms with Crippen LogP contribution in [-0.2, 0) is 16.1 Å². The van der Waals surface area contributed by atoms with Crippen LogP contribution in [0.1, 0.15) is 12.0 Å². The van der Waals surface area contributed by atoms with Gasteiger partial charge in [-0.1, -0.05) is 30.3 Å². The Labute approximate surface area is 153 Å². The molecule has 7 heteroatoms. The van der Waals surface area contributed by atoms with E-state index in [4.69, 9.17) is 0 Å². The summed E-state index contributed by atoms with van der Waals surface area (Å²) in [5.41, 5.74) is 1.05. The molecular formula is C19H23N5O2. The molecule has 7 nitrogen and oxygen atoms in total. The number of piperazine rings is 1. The van der Waals surface area contributed by atoms with Crippen molar-refractivity contribution >= 4 is 17.8 Å². The molecule has 1 aromatic heterocycles. The van der Waals surface area contributed by atoms with E-state index in [1.54, 1.807) is 35.3 Å². The summed E-state index contributed by atoms with van der Waals surface area (Å²) < 4.78 is 0. The monoisotopic (exact) mass is 353 g/mol. The van der Waals surface area contributed by atoms with Gasteiger partial charge in [0.1, 0.15) is 6.42 Å². The van der Waals surface area contributed by atoms with Crippen LogP contribution in [-0.4, -0.2) is 64.8 Å². The summed E-state index contributed by atoms with van der Waals surface area (Å²) in [6.45, 7) is 3.00. The van der Waals surface area contributed by atoms with Gasteiger partial charge >= 0.3 is 0 Å². The van der Waals surface area contributed by atoms with E-state index < -0.39 is 0 Å². The largest absolute Gasteiger partial charge is 0.341 e. The molecule has 1 fully saturated rings. The molecule has 136 valence electrons. The smallest absolute Gasteiger partial charge is 0.232 e. The van der Waals surface area contributed by atoms with Gasteiger partial charge in [-0.2, -0.15) is 0 Å². The zero-order valence-corrected chi connectivity index (χ0v) is 14.9. The van der Waals surface area contributed by atoms with E-state index in [-0.39, 0.29) is 18.2 Å². The standard InChI is InChI=1S/C19H23N5O2/c1-22(15-16-6-3-2-4-7-16)17(25)14-18(26)23-10-12-24(13-11-23)19-20-8-5-9-21-19/h2-9H,10-15H2,1H3. The van der Waals surface area contributed by atoms with Crippen molar-refractivity contribution in [3.63, 3.8) is 0 Å². The number of rotatable bonds is 5. The van der Waals surface area contributed by atoms with Gasteiger partial charge in [0.15, 0.2) is 0 Å². The van der Waals surface area contributed by atoms with Crippen molar-refractivity contribution in [1.29, 1.82) is 0 Å². The maximum atomic E-state index is 12.4. The Bertz CT molecular complexity index is 730. The van der Waals surface area contributed by atoms with Crippen LogP contribution in [0.25, 0.3) is 0 Å². The molecule has 1 aliphatic heterocycles. The molecule has 0 aliphatic carbocycles. The molecule has 2 heterocycles. The molecule has 1 aliphatic rings. The van der Waals surface area contributed by atoms with E-state index in [1.165, 1.54) is 0 Å². The Kier molecular flexibility index (Phi) is 5.78. The average molecular weight is 353 g/mol. The van der Waals surface area contributed by atoms with Gasteiger partial charge in [0, 0.05) is 52.2 Å². The molecule has 0 saturated carbocycles. The summed E-state index contributed by atoms with van der Waals surface area (Å²) in [6.07, 6.45) is 3.33. The number of carbonyl (C=O) groups is 2. The molecule has 1 aromatic carbocycles. The van der Waals surface area contributed by atoms with Crippen molar-refractivity contribution in [3.05, 3.63) is 54.4 Å². The molecule has 0 atom stereocenters. The minimum absolute atomic E-state index is 0.0921. The van der Waals surface area contributed by atoms with Gasteiger partial charge < -0.3 is 14.7 Å². The zero-order valence-electron chi connectivity index (χ0n) is 14.9. The minimum Gasteiger partial charge on any atom is -0.341 e. The third-order valence-corrected chi connectivity index (χ3v) is 4.46. The van der Waals surface area contributed by atoms with E-state index >= 15 is 0 Å². The molecule has 0 unspecified atom stereocenters. The Morgan fingerprint density at radius 2 is 1.65 bits per heavy atom. The number of hydrogen-bond donors (Lipinski definition) is 0. The number of hydrogen-bond acceptors (Lipinski definition) is 5. The minimum atomic E-state index is -0.160. The number of benzene rings is 1. The Morgan fingerprint density at radius 3 is 2.31 bits per heavy atom. The predicted molar refractivity (Wildman–Crippen MR) is 98.4 cm³/mol. The van der Waals surface area contributed by atoms with Gasteiger partial charge in [-0.25, -0.2) is 9.97 Å². The highest BCUT2D eigenvalue weighted by Crippen LogP contribution is 2.11. The van der Waals surface area contributed by atoms with Crippen LogP contribution in [0.2, 0.25) is 0 Å². The zero-order chi connectivity index (χ0) is 18.4. The Morgan fingerprint density at radius 1 is 1.00 bits per heavy atom. The summed E-state index contributed by atoms with van der Waals surface area (Å²) in [5.74, 6) is 0.398. The van der Waals surface area contributed by atoms with Gasteiger partial charge in [-0.05, 0) is 11.6 Å². The second-order valence-corrected chi connectivity index (χ2v) is 6.33. The fraction of sp³-hybridized carbons (Fsp3) is 0.368. The molecule has 0 spiro atoms. The van der Waals surface area contributed by atoms with Crippen molar-refractivity contribution in [2.45, 2.75) is 13.0 Å². The van der Waals surface area contributed by atoms with Gasteiger partial charge in [0.2, 0.25) is 17.8 Å². The van der Waals surface area contributed by atoms with Crippen molar-refractivity contribution in [2.24, 2.45) is 0 Å². The van der Waals surface area contributed by atoms with Crippen LogP contribution >= 0.6 is 0 Å². The fourth-order valence-corrected chi connectivity index (χ4v) is 2.93. The van der Waals surface area contributed by atoms with Gasteiger partial charge in [0.25, 0.3) is 0 Å². The van der Waals surface area contributed by atoms with Crippen molar-refractivity contribution < 1.29 is 9.59 Å². The molecule has 2 aromatic rings. The number of anilines is 1. The molecule has 0 radical (unpaired) electrons. The van der Waals surface area contributed by atoms with Crippen molar-refractivity contribution in [3.8, 4) is 0 Å². The molecule has 26 heavy (non-hydrogen) atoms. The number of amides is 2. The van der Waals surface area contributed by atoms with Crippen LogP contribution < -0.4 is 4.90 Å². The summed E-state index contributed by atoms with van der Waals surface area (Å²) in [7, 11) is 1.73. The Hall–Kier alpha value is -2.96. The quantitative estimate of drug-likeness (QED) is 0.755. The average Bonchev–Trinajstić information content (AvgIpc) is 2.69. The van der Waals surface area contributed by atoms with Crippen LogP contribution in [0, 0.1) is 0 Å². The maximum Gasteiger partial charge on any atom is 0.232 e. The SMILES string of the molecule is CN(Cc1ccccc1)C(=O)CC(=O)N1CCN(c2ncccn2)CC1. The summed E-state index contributed by atoms with van der Waals surface area (Å²) in [5, 5.41) is 0. The van der Waals surface area contributed by atoms with E-state index in [9.17, 15) is 9.59 Å². The van der Waals surface area contributed by atoms with Crippen molar-refractivity contribution in [2.75, 3.05) is 38.1 Å². The number of carbonyl (C=O) groups excluding carboxylic acids is 2. The topological polar surface area (TPSA) is 69.6 Å². The Balaban J connectivity index is 1.47. The van der Waals surface area contributed by atoms with Crippen molar-refractivity contribution in [1.82, 2.24) is 19.8 Å². The van der Waals surface area contributed by atoms with E-state index in [0.717, 1.165) is 5.56 Å². The maximum absolute atomic E-state index is 12.4. The highest BCUT2D eigenvalue weighted by atomic mass is 16.2. The van der Waals surface area contributed by atoms with Gasteiger partial charge in [-0.3, -0.25) is 9.59 Å². The lowest BCUT2D eigenvalue weighted by molar-refractivity contribution is -0.140. The van der Waals surface area contributed by atoms with Crippen LogP contribution in [0.5, 0.6) is 0 Å². The lowest BCUT2D eigenvalue weighted by Crippen LogP contribution is -2.50. The van der Waals surface area contributed by atoms with E-state index in [2.05, 4.69) is 9.97 Å². The molecule has 1 saturated heterocycles. The first-order valence-electron chi connectivity index (χ1n) is 8.71. The molecule has 0 N–H and O–H groups in total. The normalized spacial score (nSPS) is 14.2. The number of nitrogens with zero attached hydrogens (tertiary/aromatic N) is 5. The lowest BCUT2D eigenvalue weighted by atomic mass is 10.2. The molecule has 2 amide bonds. The van der Waals surface area contributed by atoms with E-state index in [0.29, 0.717) is 38.7 Å². The highest BCUT2D eigenvalue weighted by molar-refractivity contribution is 5.96. The first kappa shape index (κ1) is 17.8. The third-order valence-electron chi connectivity index (χ3n) is 4.46. The molecular weight excluding hydrogens is 330 g/mol.